The summed E-state index contributed by atoms with van der Waals surface area (Å²) in [7, 11) is 0. The Bertz CT molecular complexity index is 1120. The zero-order valence-electron chi connectivity index (χ0n) is 14.7. The van der Waals surface area contributed by atoms with E-state index in [1.54, 1.807) is 6.07 Å². The van der Waals surface area contributed by atoms with Gasteiger partial charge in [0.15, 0.2) is 0 Å². The van der Waals surface area contributed by atoms with Crippen molar-refractivity contribution < 1.29 is 9.18 Å². The molecule has 1 N–H and O–H groups in total. The van der Waals surface area contributed by atoms with Crippen LogP contribution < -0.4 is 5.56 Å². The van der Waals surface area contributed by atoms with Gasteiger partial charge in [-0.2, -0.15) is 0 Å². The number of carbonyl (C=O) groups is 1. The fourth-order valence-corrected chi connectivity index (χ4v) is 4.65. The number of fused-ring (bicyclic) bond motifs is 6. The largest absolute Gasteiger partial charge is 0.335 e. The van der Waals surface area contributed by atoms with Crippen LogP contribution in [0.15, 0.2) is 53.3 Å². The second kappa shape index (κ2) is 6.05. The molecule has 0 saturated carbocycles. The van der Waals surface area contributed by atoms with Crippen LogP contribution in [0.25, 0.3) is 10.9 Å². The molecule has 2 atom stereocenters. The van der Waals surface area contributed by atoms with E-state index < -0.39 is 0 Å². The molecule has 0 spiro atoms. The van der Waals surface area contributed by atoms with Crippen molar-refractivity contribution in [3.63, 3.8) is 0 Å². The van der Waals surface area contributed by atoms with Crippen LogP contribution >= 0.6 is 0 Å². The molecule has 2 aromatic carbocycles. The van der Waals surface area contributed by atoms with Gasteiger partial charge in [-0.15, -0.1) is 0 Å². The second-order valence-corrected chi connectivity index (χ2v) is 7.49. The maximum Gasteiger partial charge on any atom is 0.252 e. The number of benzene rings is 2. The number of likely N-dealkylation sites (tertiary alicyclic amines) is 1. The molecule has 0 radical (unpaired) electrons. The van der Waals surface area contributed by atoms with Crippen molar-refractivity contribution in [1.82, 2.24) is 9.88 Å². The van der Waals surface area contributed by atoms with Crippen LogP contribution in [0.5, 0.6) is 0 Å². The van der Waals surface area contributed by atoms with E-state index in [9.17, 15) is 14.0 Å². The van der Waals surface area contributed by atoms with Gasteiger partial charge in [-0.3, -0.25) is 9.59 Å². The van der Waals surface area contributed by atoms with Crippen molar-refractivity contribution >= 4 is 16.8 Å². The number of piperidine rings is 1. The lowest BCUT2D eigenvalue weighted by Crippen LogP contribution is -2.39. The number of aromatic nitrogens is 1. The average Bonchev–Trinajstić information content (AvgIpc) is 2.95. The molecule has 1 aromatic heterocycles. The molecule has 2 aliphatic rings. The number of rotatable bonds is 2. The minimum atomic E-state index is -0.364. The van der Waals surface area contributed by atoms with Crippen molar-refractivity contribution in [2.75, 3.05) is 6.54 Å². The quantitative estimate of drug-likeness (QED) is 0.756. The first-order valence-corrected chi connectivity index (χ1v) is 9.30. The van der Waals surface area contributed by atoms with Crippen molar-refractivity contribution in [2.24, 2.45) is 0 Å². The molecule has 136 valence electrons. The topological polar surface area (TPSA) is 53.2 Å². The first-order chi connectivity index (χ1) is 13.1. The van der Waals surface area contributed by atoms with Gasteiger partial charge in [-0.1, -0.05) is 24.3 Å². The summed E-state index contributed by atoms with van der Waals surface area (Å²) in [5.74, 6) is 0.121. The summed E-state index contributed by atoms with van der Waals surface area (Å²) >= 11 is 0. The molecule has 2 bridgehead atoms. The van der Waals surface area contributed by atoms with Crippen LogP contribution in [0.2, 0.25) is 0 Å². The lowest BCUT2D eigenvalue weighted by molar-refractivity contribution is -0.134. The SMILES string of the molecule is O=C(Cc1cc2cc(F)ccc2[nH]c1=O)N1CC[C@@H]2C[C@H]1c1ccccc12. The first-order valence-electron chi connectivity index (χ1n) is 9.30. The number of nitrogens with zero attached hydrogens (tertiary/aromatic N) is 1. The molecule has 5 rings (SSSR count). The van der Waals surface area contributed by atoms with Crippen molar-refractivity contribution in [3.05, 3.63) is 81.4 Å². The molecule has 1 aliphatic heterocycles. The Balaban J connectivity index is 1.45. The molecule has 1 saturated heterocycles. The summed E-state index contributed by atoms with van der Waals surface area (Å²) in [5.41, 5.74) is 3.26. The predicted molar refractivity (Wildman–Crippen MR) is 101 cm³/mol. The van der Waals surface area contributed by atoms with Gasteiger partial charge in [0.05, 0.1) is 12.5 Å². The molecule has 1 amide bonds. The first kappa shape index (κ1) is 16.2. The minimum absolute atomic E-state index is 0.0329. The van der Waals surface area contributed by atoms with E-state index in [0.717, 1.165) is 12.8 Å². The van der Waals surface area contributed by atoms with Gasteiger partial charge in [0.25, 0.3) is 5.56 Å². The molecular formula is C22H19FN2O2. The molecule has 1 fully saturated rings. The van der Waals surface area contributed by atoms with Gasteiger partial charge >= 0.3 is 0 Å². The fraction of sp³-hybridized carbons (Fsp3) is 0.273. The van der Waals surface area contributed by atoms with Crippen LogP contribution in [-0.2, 0) is 11.2 Å². The number of aromatic amines is 1. The van der Waals surface area contributed by atoms with Gasteiger partial charge in [-0.05, 0) is 54.2 Å². The molecule has 2 heterocycles. The number of hydrogen-bond acceptors (Lipinski definition) is 2. The van der Waals surface area contributed by atoms with Gasteiger partial charge < -0.3 is 9.88 Å². The van der Waals surface area contributed by atoms with Gasteiger partial charge in [0.1, 0.15) is 5.82 Å². The molecule has 0 unspecified atom stereocenters. The summed E-state index contributed by atoms with van der Waals surface area (Å²) in [6, 6.07) is 14.3. The zero-order valence-corrected chi connectivity index (χ0v) is 14.7. The van der Waals surface area contributed by atoms with E-state index in [-0.39, 0.29) is 29.7 Å². The van der Waals surface area contributed by atoms with E-state index in [1.807, 2.05) is 11.0 Å². The van der Waals surface area contributed by atoms with E-state index in [4.69, 9.17) is 0 Å². The number of halogens is 1. The standard InChI is InChI=1S/C22H19FN2O2/c23-16-5-6-19-14(10-16)9-15(22(27)24-19)12-21(26)25-8-7-13-11-20(25)18-4-2-1-3-17(13)18/h1-6,9-10,13,20H,7-8,11-12H2,(H,24,27)/t13-,20+/m1/s1. The number of carbonyl (C=O) groups excluding carboxylic acids is 1. The Morgan fingerprint density at radius 2 is 1.96 bits per heavy atom. The van der Waals surface area contributed by atoms with Gasteiger partial charge in [-0.25, -0.2) is 4.39 Å². The summed E-state index contributed by atoms with van der Waals surface area (Å²) in [6.45, 7) is 0.711. The number of nitrogens with one attached hydrogen (secondary N) is 1. The Morgan fingerprint density at radius 3 is 2.81 bits per heavy atom. The maximum absolute atomic E-state index is 13.5. The number of amides is 1. The highest BCUT2D eigenvalue weighted by Crippen LogP contribution is 2.48. The highest BCUT2D eigenvalue weighted by molar-refractivity contribution is 5.83. The zero-order chi connectivity index (χ0) is 18.5. The molecule has 5 heteroatoms. The highest BCUT2D eigenvalue weighted by atomic mass is 19.1. The van der Waals surface area contributed by atoms with Gasteiger partial charge in [0.2, 0.25) is 5.91 Å². The highest BCUT2D eigenvalue weighted by Gasteiger charge is 2.40. The van der Waals surface area contributed by atoms with Crippen LogP contribution in [0, 0.1) is 5.82 Å². The van der Waals surface area contributed by atoms with Gasteiger partial charge in [0, 0.05) is 23.0 Å². The summed E-state index contributed by atoms with van der Waals surface area (Å²) in [4.78, 5) is 30.1. The van der Waals surface area contributed by atoms with Crippen molar-refractivity contribution in [1.29, 1.82) is 0 Å². The lowest BCUT2D eigenvalue weighted by Gasteiger charge is -2.34. The predicted octanol–water partition coefficient (Wildman–Crippen LogP) is 3.67. The lowest BCUT2D eigenvalue weighted by atomic mass is 9.95. The molecule has 1 aliphatic carbocycles. The van der Waals surface area contributed by atoms with Crippen LogP contribution in [0.4, 0.5) is 4.39 Å². The Labute approximate surface area is 155 Å². The second-order valence-electron chi connectivity index (χ2n) is 7.49. The monoisotopic (exact) mass is 362 g/mol. The maximum atomic E-state index is 13.5. The fourth-order valence-electron chi connectivity index (χ4n) is 4.65. The van der Waals surface area contributed by atoms with E-state index >= 15 is 0 Å². The molecule has 27 heavy (non-hydrogen) atoms. The molecule has 3 aromatic rings. The Kier molecular flexibility index (Phi) is 3.64. The third kappa shape index (κ3) is 2.65. The summed E-state index contributed by atoms with van der Waals surface area (Å²) in [5, 5.41) is 0.599. The summed E-state index contributed by atoms with van der Waals surface area (Å²) < 4.78 is 13.5. The third-order valence-corrected chi connectivity index (χ3v) is 5.94. The van der Waals surface area contributed by atoms with Crippen molar-refractivity contribution in [2.45, 2.75) is 31.2 Å². The summed E-state index contributed by atoms with van der Waals surface area (Å²) in [6.07, 6.45) is 1.95. The van der Waals surface area contributed by atoms with E-state index in [2.05, 4.69) is 23.2 Å². The van der Waals surface area contributed by atoms with E-state index in [1.165, 1.54) is 29.3 Å². The number of H-pyrrole nitrogens is 1. The van der Waals surface area contributed by atoms with Crippen LogP contribution in [0.1, 0.15) is 41.5 Å². The molecule has 4 nitrogen and oxygen atoms in total. The van der Waals surface area contributed by atoms with Crippen LogP contribution in [0.3, 0.4) is 0 Å². The van der Waals surface area contributed by atoms with Crippen LogP contribution in [-0.4, -0.2) is 22.3 Å². The number of pyridine rings is 1. The third-order valence-electron chi connectivity index (χ3n) is 5.94. The van der Waals surface area contributed by atoms with Crippen molar-refractivity contribution in [3.8, 4) is 0 Å². The normalized spacial score (nSPS) is 20.7. The smallest absolute Gasteiger partial charge is 0.252 e. The number of hydrogen-bond donors (Lipinski definition) is 1. The Morgan fingerprint density at radius 1 is 1.15 bits per heavy atom. The minimum Gasteiger partial charge on any atom is -0.335 e. The Hall–Kier alpha value is -2.95. The molecular weight excluding hydrogens is 343 g/mol. The average molecular weight is 362 g/mol. The van der Waals surface area contributed by atoms with E-state index in [0.29, 0.717) is 28.9 Å².